The van der Waals surface area contributed by atoms with Crippen LogP contribution in [-0.4, -0.2) is 21.1 Å². The molecule has 5 nitrogen and oxygen atoms in total. The highest BCUT2D eigenvalue weighted by Crippen LogP contribution is 2.22. The van der Waals surface area contributed by atoms with Crippen LogP contribution < -0.4 is 5.32 Å². The molecular weight excluding hydrogens is 240 g/mol. The first kappa shape index (κ1) is 11.9. The number of anilines is 1. The molecule has 1 amide bonds. The lowest BCUT2D eigenvalue weighted by Crippen LogP contribution is -2.14. The lowest BCUT2D eigenvalue weighted by atomic mass is 9.90. The Bertz CT molecular complexity index is 618. The van der Waals surface area contributed by atoms with Crippen molar-refractivity contribution in [3.05, 3.63) is 40.7 Å². The van der Waals surface area contributed by atoms with Crippen molar-refractivity contribution in [1.29, 1.82) is 0 Å². The van der Waals surface area contributed by atoms with Crippen molar-refractivity contribution < 1.29 is 4.79 Å². The van der Waals surface area contributed by atoms with Crippen molar-refractivity contribution in [3.63, 3.8) is 0 Å². The summed E-state index contributed by atoms with van der Waals surface area (Å²) < 4.78 is 0. The molecule has 3 rings (SSSR count). The zero-order valence-corrected chi connectivity index (χ0v) is 10.9. The molecule has 19 heavy (non-hydrogen) atoms. The largest absolute Gasteiger partial charge is 0.289 e. The number of carbonyl (C=O) groups excluding carboxylic acids is 1. The molecule has 1 aromatic heterocycles. The number of hydrogen-bond acceptors (Lipinski definition) is 3. The monoisotopic (exact) mass is 256 g/mol. The fourth-order valence-corrected chi connectivity index (χ4v) is 2.45. The van der Waals surface area contributed by atoms with Gasteiger partial charge in [0.1, 0.15) is 5.82 Å². The van der Waals surface area contributed by atoms with E-state index in [1.165, 1.54) is 24.0 Å². The Balaban J connectivity index is 1.80. The molecule has 0 fully saturated rings. The van der Waals surface area contributed by atoms with Crippen molar-refractivity contribution in [2.45, 2.75) is 32.6 Å². The van der Waals surface area contributed by atoms with Crippen LogP contribution in [0.1, 0.15) is 40.2 Å². The molecule has 0 aliphatic heterocycles. The summed E-state index contributed by atoms with van der Waals surface area (Å²) in [6, 6.07) is 5.93. The number of rotatable bonds is 2. The summed E-state index contributed by atoms with van der Waals surface area (Å²) >= 11 is 0. The maximum absolute atomic E-state index is 12.1. The molecule has 5 heteroatoms. The van der Waals surface area contributed by atoms with E-state index in [9.17, 15) is 4.79 Å². The van der Waals surface area contributed by atoms with Gasteiger partial charge in [-0.3, -0.25) is 15.2 Å². The van der Waals surface area contributed by atoms with Gasteiger partial charge in [0, 0.05) is 5.56 Å². The van der Waals surface area contributed by atoms with Crippen molar-refractivity contribution >= 4 is 11.9 Å². The molecule has 1 aliphatic carbocycles. The number of nitrogens with zero attached hydrogens (tertiary/aromatic N) is 2. The predicted octanol–water partition coefficient (Wildman–Crippen LogP) is 2.24. The van der Waals surface area contributed by atoms with Gasteiger partial charge in [-0.05, 0) is 55.9 Å². The third-order valence-electron chi connectivity index (χ3n) is 3.43. The fraction of sp³-hybridized carbons (Fsp3) is 0.357. The Labute approximate surface area is 111 Å². The van der Waals surface area contributed by atoms with E-state index in [0.717, 1.165) is 12.8 Å². The van der Waals surface area contributed by atoms with E-state index < -0.39 is 0 Å². The van der Waals surface area contributed by atoms with E-state index in [1.807, 2.05) is 12.1 Å². The van der Waals surface area contributed by atoms with Crippen LogP contribution >= 0.6 is 0 Å². The normalized spacial score (nSPS) is 13.9. The molecule has 0 bridgehead atoms. The Kier molecular flexibility index (Phi) is 3.03. The van der Waals surface area contributed by atoms with Gasteiger partial charge in [-0.15, -0.1) is 5.10 Å². The van der Waals surface area contributed by atoms with Crippen molar-refractivity contribution in [3.8, 4) is 0 Å². The number of fused-ring (bicyclic) bond motifs is 1. The van der Waals surface area contributed by atoms with Crippen LogP contribution in [-0.2, 0) is 12.8 Å². The van der Waals surface area contributed by atoms with Gasteiger partial charge in [0.25, 0.3) is 5.91 Å². The summed E-state index contributed by atoms with van der Waals surface area (Å²) in [5.41, 5.74) is 3.34. The molecule has 2 N–H and O–H groups in total. The van der Waals surface area contributed by atoms with Gasteiger partial charge >= 0.3 is 0 Å². The highest BCUT2D eigenvalue weighted by Gasteiger charge is 2.14. The molecule has 0 atom stereocenters. The first-order valence-corrected chi connectivity index (χ1v) is 6.54. The SMILES string of the molecule is Cc1nc(NC(=O)c2ccc3c(c2)CCCC3)n[nH]1. The summed E-state index contributed by atoms with van der Waals surface area (Å²) in [5.74, 6) is 0.841. The minimum absolute atomic E-state index is 0.160. The van der Waals surface area contributed by atoms with Crippen LogP contribution in [0, 0.1) is 6.92 Å². The van der Waals surface area contributed by atoms with Gasteiger partial charge in [0.05, 0.1) is 0 Å². The van der Waals surface area contributed by atoms with Crippen molar-refractivity contribution in [1.82, 2.24) is 15.2 Å². The molecular formula is C14H16N4O. The number of aromatic amines is 1. The third kappa shape index (κ3) is 2.50. The lowest BCUT2D eigenvalue weighted by Gasteiger charge is -2.16. The zero-order valence-electron chi connectivity index (χ0n) is 10.9. The average molecular weight is 256 g/mol. The standard InChI is InChI=1S/C14H16N4O/c1-9-15-14(18-17-9)16-13(19)12-7-6-10-4-2-3-5-11(10)8-12/h6-8H,2-5H2,1H3,(H2,15,16,17,18,19). The molecule has 0 spiro atoms. The molecule has 1 aliphatic rings. The number of H-pyrrole nitrogens is 1. The van der Waals surface area contributed by atoms with E-state index in [0.29, 0.717) is 17.3 Å². The Morgan fingerprint density at radius 3 is 2.79 bits per heavy atom. The first-order valence-electron chi connectivity index (χ1n) is 6.54. The van der Waals surface area contributed by atoms with Crippen molar-refractivity contribution in [2.24, 2.45) is 0 Å². The second-order valence-corrected chi connectivity index (χ2v) is 4.89. The summed E-state index contributed by atoms with van der Waals surface area (Å²) in [5, 5.41) is 9.29. The second-order valence-electron chi connectivity index (χ2n) is 4.89. The molecule has 0 saturated carbocycles. The summed E-state index contributed by atoms with van der Waals surface area (Å²) in [6.45, 7) is 1.79. The highest BCUT2D eigenvalue weighted by molar-refractivity contribution is 6.03. The number of nitrogens with one attached hydrogen (secondary N) is 2. The smallest absolute Gasteiger partial charge is 0.258 e. The van der Waals surface area contributed by atoms with Gasteiger partial charge in [0.15, 0.2) is 0 Å². The van der Waals surface area contributed by atoms with Crippen LogP contribution in [0.15, 0.2) is 18.2 Å². The van der Waals surface area contributed by atoms with Crippen LogP contribution in [0.25, 0.3) is 0 Å². The summed E-state index contributed by atoms with van der Waals surface area (Å²) in [7, 11) is 0. The maximum atomic E-state index is 12.1. The van der Waals surface area contributed by atoms with Crippen molar-refractivity contribution in [2.75, 3.05) is 5.32 Å². The fourth-order valence-electron chi connectivity index (χ4n) is 2.45. The third-order valence-corrected chi connectivity index (χ3v) is 3.43. The molecule has 0 saturated heterocycles. The van der Waals surface area contributed by atoms with Gasteiger partial charge < -0.3 is 0 Å². The average Bonchev–Trinajstić information content (AvgIpc) is 2.83. The predicted molar refractivity (Wildman–Crippen MR) is 72.2 cm³/mol. The minimum Gasteiger partial charge on any atom is -0.289 e. The van der Waals surface area contributed by atoms with Crippen LogP contribution in [0.5, 0.6) is 0 Å². The Hall–Kier alpha value is -2.17. The number of aromatic nitrogens is 3. The van der Waals surface area contributed by atoms with Gasteiger partial charge in [-0.1, -0.05) is 6.07 Å². The number of benzene rings is 1. The van der Waals surface area contributed by atoms with Gasteiger partial charge in [-0.25, -0.2) is 0 Å². The first-order chi connectivity index (χ1) is 9.22. The number of amides is 1. The Morgan fingerprint density at radius 2 is 2.05 bits per heavy atom. The molecule has 0 unspecified atom stereocenters. The number of hydrogen-bond donors (Lipinski definition) is 2. The van der Waals surface area contributed by atoms with E-state index in [2.05, 4.69) is 26.6 Å². The van der Waals surface area contributed by atoms with Crippen LogP contribution in [0.4, 0.5) is 5.95 Å². The maximum Gasteiger partial charge on any atom is 0.258 e. The van der Waals surface area contributed by atoms with Gasteiger partial charge in [0.2, 0.25) is 5.95 Å². The molecule has 1 aromatic carbocycles. The zero-order chi connectivity index (χ0) is 13.2. The highest BCUT2D eigenvalue weighted by atomic mass is 16.1. The second kappa shape index (κ2) is 4.84. The van der Waals surface area contributed by atoms with E-state index in [1.54, 1.807) is 6.92 Å². The topological polar surface area (TPSA) is 70.7 Å². The van der Waals surface area contributed by atoms with Gasteiger partial charge in [-0.2, -0.15) is 4.98 Å². The number of aryl methyl sites for hydroxylation is 3. The van der Waals surface area contributed by atoms with Crippen LogP contribution in [0.2, 0.25) is 0 Å². The summed E-state index contributed by atoms with van der Waals surface area (Å²) in [4.78, 5) is 16.2. The van der Waals surface area contributed by atoms with E-state index in [4.69, 9.17) is 0 Å². The minimum atomic E-state index is -0.160. The quantitative estimate of drug-likeness (QED) is 0.865. The molecule has 2 aromatic rings. The van der Waals surface area contributed by atoms with E-state index in [-0.39, 0.29) is 5.91 Å². The summed E-state index contributed by atoms with van der Waals surface area (Å²) in [6.07, 6.45) is 4.64. The Morgan fingerprint density at radius 1 is 1.26 bits per heavy atom. The molecule has 0 radical (unpaired) electrons. The number of carbonyl (C=O) groups is 1. The molecule has 1 heterocycles. The lowest BCUT2D eigenvalue weighted by molar-refractivity contribution is 0.102. The van der Waals surface area contributed by atoms with E-state index >= 15 is 0 Å². The molecule has 98 valence electrons. The van der Waals surface area contributed by atoms with Crippen LogP contribution in [0.3, 0.4) is 0 Å².